The molecule has 0 spiro atoms. The summed E-state index contributed by atoms with van der Waals surface area (Å²) in [6.07, 6.45) is 5.30. The van der Waals surface area contributed by atoms with Crippen LogP contribution in [-0.4, -0.2) is 28.2 Å². The van der Waals surface area contributed by atoms with Gasteiger partial charge in [0.1, 0.15) is 12.3 Å². The Morgan fingerprint density at radius 1 is 1.07 bits per heavy atom. The molecule has 7 nitrogen and oxygen atoms in total. The van der Waals surface area contributed by atoms with Crippen LogP contribution in [0.5, 0.6) is 5.75 Å². The number of amides is 2. The maximum atomic E-state index is 12.4. The van der Waals surface area contributed by atoms with Crippen molar-refractivity contribution in [1.82, 2.24) is 15.1 Å². The lowest BCUT2D eigenvalue weighted by Gasteiger charge is -2.14. The second-order valence-electron chi connectivity index (χ2n) is 7.24. The molecule has 1 heterocycles. The normalized spacial score (nSPS) is 14.7. The lowest BCUT2D eigenvalue weighted by molar-refractivity contribution is -0.122. The summed E-state index contributed by atoms with van der Waals surface area (Å²) in [6.45, 7) is 0.390. The van der Waals surface area contributed by atoms with Gasteiger partial charge < -0.3 is 15.4 Å². The molecule has 0 bridgehead atoms. The van der Waals surface area contributed by atoms with E-state index in [1.807, 2.05) is 42.5 Å². The Balaban J connectivity index is 1.22. The molecule has 3 aromatic rings. The van der Waals surface area contributed by atoms with Crippen LogP contribution >= 0.6 is 0 Å². The van der Waals surface area contributed by atoms with Gasteiger partial charge >= 0.3 is 0 Å². The summed E-state index contributed by atoms with van der Waals surface area (Å²) in [4.78, 5) is 24.5. The van der Waals surface area contributed by atoms with E-state index in [9.17, 15) is 9.59 Å². The molecule has 1 atom stereocenters. The first-order valence-electron chi connectivity index (χ1n) is 10.0. The Labute approximate surface area is 175 Å². The first-order chi connectivity index (χ1) is 14.7. The zero-order chi connectivity index (χ0) is 20.8. The molecule has 2 aromatic carbocycles. The number of aromatic nitrogens is 2. The van der Waals surface area contributed by atoms with E-state index in [1.54, 1.807) is 6.20 Å². The second kappa shape index (κ2) is 9.26. The van der Waals surface area contributed by atoms with Crippen molar-refractivity contribution in [2.45, 2.75) is 31.8 Å². The number of anilines is 1. The first-order valence-corrected chi connectivity index (χ1v) is 10.0. The number of carbonyl (C=O) groups excluding carboxylic acids is 2. The van der Waals surface area contributed by atoms with Crippen molar-refractivity contribution in [3.63, 3.8) is 0 Å². The Morgan fingerprint density at radius 2 is 1.87 bits per heavy atom. The molecule has 1 aliphatic carbocycles. The number of fused-ring (bicyclic) bond motifs is 1. The van der Waals surface area contributed by atoms with Crippen molar-refractivity contribution in [2.24, 2.45) is 0 Å². The number of hydrogen-bond donors (Lipinski definition) is 2. The van der Waals surface area contributed by atoms with Crippen LogP contribution in [0.25, 0.3) is 0 Å². The molecule has 2 amide bonds. The molecule has 1 aliphatic rings. The average molecular weight is 404 g/mol. The molecule has 0 unspecified atom stereocenters. The van der Waals surface area contributed by atoms with Gasteiger partial charge in [-0.1, -0.05) is 42.5 Å². The molecule has 0 aliphatic heterocycles. The number of ether oxygens (including phenoxy) is 1. The SMILES string of the molecule is O=C(CCOc1ccccc1)Nc1cnn(CC(=O)N[C@@H]2CCc3ccccc32)c1. The van der Waals surface area contributed by atoms with Crippen LogP contribution in [0.15, 0.2) is 67.0 Å². The van der Waals surface area contributed by atoms with Gasteiger partial charge in [-0.05, 0) is 36.1 Å². The minimum absolute atomic E-state index is 0.0491. The molecule has 154 valence electrons. The average Bonchev–Trinajstić information content (AvgIpc) is 3.36. The number of para-hydroxylation sites is 1. The van der Waals surface area contributed by atoms with Crippen molar-refractivity contribution < 1.29 is 14.3 Å². The minimum atomic E-state index is -0.169. The second-order valence-corrected chi connectivity index (χ2v) is 7.24. The number of carbonyl (C=O) groups is 2. The summed E-state index contributed by atoms with van der Waals surface area (Å²) in [5, 5.41) is 10.0. The molecule has 0 fully saturated rings. The summed E-state index contributed by atoms with van der Waals surface area (Å²) in [5.74, 6) is 0.459. The standard InChI is InChI=1S/C23H24N4O3/c28-22(12-13-30-19-7-2-1-3-8-19)25-18-14-24-27(15-18)16-23(29)26-21-11-10-17-6-4-5-9-20(17)21/h1-9,14-15,21H,10-13,16H2,(H,25,28)(H,26,29)/t21-/m1/s1. The molecule has 30 heavy (non-hydrogen) atoms. The van der Waals surface area contributed by atoms with Gasteiger partial charge in [-0.3, -0.25) is 14.3 Å². The molecule has 0 saturated heterocycles. The highest BCUT2D eigenvalue weighted by Crippen LogP contribution is 2.30. The van der Waals surface area contributed by atoms with Crippen molar-refractivity contribution in [1.29, 1.82) is 0 Å². The predicted octanol–water partition coefficient (Wildman–Crippen LogP) is 3.09. The smallest absolute Gasteiger partial charge is 0.242 e. The maximum Gasteiger partial charge on any atom is 0.242 e. The summed E-state index contributed by atoms with van der Waals surface area (Å²) in [5.41, 5.74) is 3.04. The van der Waals surface area contributed by atoms with Gasteiger partial charge in [-0.25, -0.2) is 0 Å². The van der Waals surface area contributed by atoms with E-state index < -0.39 is 0 Å². The minimum Gasteiger partial charge on any atom is -0.493 e. The Hall–Kier alpha value is -3.61. The van der Waals surface area contributed by atoms with E-state index in [2.05, 4.69) is 27.9 Å². The van der Waals surface area contributed by atoms with E-state index in [1.165, 1.54) is 22.0 Å². The summed E-state index contributed by atoms with van der Waals surface area (Å²) in [7, 11) is 0. The number of nitrogens with one attached hydrogen (secondary N) is 2. The summed E-state index contributed by atoms with van der Waals surface area (Å²) in [6, 6.07) is 17.6. The quantitative estimate of drug-likeness (QED) is 0.604. The number of benzene rings is 2. The van der Waals surface area contributed by atoms with Gasteiger partial charge in [0, 0.05) is 6.20 Å². The molecular weight excluding hydrogens is 380 g/mol. The van der Waals surface area contributed by atoms with Crippen molar-refractivity contribution in [2.75, 3.05) is 11.9 Å². The van der Waals surface area contributed by atoms with E-state index in [0.717, 1.165) is 18.6 Å². The monoisotopic (exact) mass is 404 g/mol. The number of nitrogens with zero attached hydrogens (tertiary/aromatic N) is 2. The highest BCUT2D eigenvalue weighted by Gasteiger charge is 2.23. The van der Waals surface area contributed by atoms with E-state index >= 15 is 0 Å². The molecule has 2 N–H and O–H groups in total. The number of hydrogen-bond acceptors (Lipinski definition) is 4. The molecule has 0 radical (unpaired) electrons. The molecular formula is C23H24N4O3. The third-order valence-electron chi connectivity index (χ3n) is 5.03. The summed E-state index contributed by atoms with van der Waals surface area (Å²) >= 11 is 0. The summed E-state index contributed by atoms with van der Waals surface area (Å²) < 4.78 is 7.05. The molecule has 0 saturated carbocycles. The number of rotatable bonds is 8. The van der Waals surface area contributed by atoms with Crippen molar-refractivity contribution in [3.8, 4) is 5.75 Å². The largest absolute Gasteiger partial charge is 0.493 e. The Kier molecular flexibility index (Phi) is 6.08. The van der Waals surface area contributed by atoms with Crippen LogP contribution in [0.3, 0.4) is 0 Å². The van der Waals surface area contributed by atoms with Crippen LogP contribution in [0.4, 0.5) is 5.69 Å². The van der Waals surface area contributed by atoms with Crippen LogP contribution < -0.4 is 15.4 Å². The third kappa shape index (κ3) is 5.05. The highest BCUT2D eigenvalue weighted by molar-refractivity contribution is 5.90. The molecule has 1 aromatic heterocycles. The van der Waals surface area contributed by atoms with E-state index in [0.29, 0.717) is 5.69 Å². The van der Waals surface area contributed by atoms with E-state index in [-0.39, 0.29) is 37.4 Å². The predicted molar refractivity (Wildman–Crippen MR) is 113 cm³/mol. The fraction of sp³-hybridized carbons (Fsp3) is 0.261. The first kappa shape index (κ1) is 19.7. The Morgan fingerprint density at radius 3 is 2.73 bits per heavy atom. The van der Waals surface area contributed by atoms with Crippen molar-refractivity contribution in [3.05, 3.63) is 78.1 Å². The van der Waals surface area contributed by atoms with E-state index in [4.69, 9.17) is 4.74 Å². The fourth-order valence-corrected chi connectivity index (χ4v) is 3.61. The Bertz CT molecular complexity index is 1020. The van der Waals surface area contributed by atoms with Crippen LogP contribution in [0, 0.1) is 0 Å². The molecule has 4 rings (SSSR count). The topological polar surface area (TPSA) is 85.2 Å². The van der Waals surface area contributed by atoms with Gasteiger partial charge in [0.25, 0.3) is 0 Å². The highest BCUT2D eigenvalue weighted by atomic mass is 16.5. The van der Waals surface area contributed by atoms with Gasteiger partial charge in [0.2, 0.25) is 11.8 Å². The lowest BCUT2D eigenvalue weighted by Crippen LogP contribution is -2.30. The third-order valence-corrected chi connectivity index (χ3v) is 5.03. The fourth-order valence-electron chi connectivity index (χ4n) is 3.61. The van der Waals surface area contributed by atoms with Gasteiger partial charge in [0.05, 0.1) is 31.0 Å². The molecule has 7 heteroatoms. The number of aryl methyl sites for hydroxylation is 1. The van der Waals surface area contributed by atoms with Gasteiger partial charge in [-0.15, -0.1) is 0 Å². The zero-order valence-electron chi connectivity index (χ0n) is 16.6. The van der Waals surface area contributed by atoms with Gasteiger partial charge in [-0.2, -0.15) is 5.10 Å². The van der Waals surface area contributed by atoms with Gasteiger partial charge in [0.15, 0.2) is 0 Å². The van der Waals surface area contributed by atoms with Crippen LogP contribution in [0.1, 0.15) is 30.0 Å². The zero-order valence-corrected chi connectivity index (χ0v) is 16.6. The van der Waals surface area contributed by atoms with Crippen LogP contribution in [0.2, 0.25) is 0 Å². The van der Waals surface area contributed by atoms with Crippen molar-refractivity contribution >= 4 is 17.5 Å². The van der Waals surface area contributed by atoms with Crippen LogP contribution in [-0.2, 0) is 22.6 Å². The maximum absolute atomic E-state index is 12.4. The lowest BCUT2D eigenvalue weighted by atomic mass is 10.1.